The molecule has 1 heterocycles. The molecule has 5 nitrogen and oxygen atoms in total. The minimum absolute atomic E-state index is 0.177. The largest absolute Gasteiger partial charge is 0.296 e. The Bertz CT molecular complexity index is 741. The Balaban J connectivity index is 2.33. The first kappa shape index (κ1) is 14.3. The molecule has 0 aliphatic rings. The number of nitrogens with zero attached hydrogens (tertiary/aromatic N) is 3. The summed E-state index contributed by atoms with van der Waals surface area (Å²) in [7, 11) is 0. The molecule has 2 aromatic rings. The van der Waals surface area contributed by atoms with Crippen LogP contribution in [0, 0.1) is 11.7 Å². The highest BCUT2D eigenvalue weighted by molar-refractivity contribution is 7.71. The fourth-order valence-electron chi connectivity index (χ4n) is 1.67. The van der Waals surface area contributed by atoms with Crippen LogP contribution in [0.5, 0.6) is 0 Å². The van der Waals surface area contributed by atoms with Gasteiger partial charge < -0.3 is 0 Å². The predicted molar refractivity (Wildman–Crippen MR) is 81.9 cm³/mol. The summed E-state index contributed by atoms with van der Waals surface area (Å²) in [6.45, 7) is 5.89. The molecule has 0 spiro atoms. The Morgan fingerprint density at radius 2 is 2.00 bits per heavy atom. The van der Waals surface area contributed by atoms with E-state index in [0.717, 1.165) is 10.2 Å². The number of rotatable bonds is 3. The smallest absolute Gasteiger partial charge is 0.265 e. The molecular weight excluding hydrogens is 272 g/mol. The number of H-pyrrole nitrogens is 1. The summed E-state index contributed by atoms with van der Waals surface area (Å²) in [5, 5.41) is 10.5. The summed E-state index contributed by atoms with van der Waals surface area (Å²) in [4.78, 5) is 11.9. The van der Waals surface area contributed by atoms with E-state index >= 15 is 0 Å². The number of aryl methyl sites for hydroxylation is 1. The van der Waals surface area contributed by atoms with E-state index in [2.05, 4.69) is 29.1 Å². The summed E-state index contributed by atoms with van der Waals surface area (Å²) in [5.41, 5.74) is 2.18. The lowest BCUT2D eigenvalue weighted by Gasteiger charge is -2.04. The molecule has 0 saturated heterocycles. The van der Waals surface area contributed by atoms with Crippen LogP contribution in [0.25, 0.3) is 0 Å². The molecule has 0 atom stereocenters. The molecule has 1 N–H and O–H groups in total. The highest BCUT2D eigenvalue weighted by Crippen LogP contribution is 2.13. The third kappa shape index (κ3) is 3.08. The highest BCUT2D eigenvalue weighted by Gasteiger charge is 2.01. The Hall–Kier alpha value is -2.08. The van der Waals surface area contributed by atoms with Crippen molar-refractivity contribution in [1.29, 1.82) is 0 Å². The van der Waals surface area contributed by atoms with E-state index < -0.39 is 0 Å². The maximum atomic E-state index is 11.9. The van der Waals surface area contributed by atoms with Gasteiger partial charge in [-0.15, -0.1) is 0 Å². The molecule has 0 aliphatic heterocycles. The van der Waals surface area contributed by atoms with Gasteiger partial charge in [0.05, 0.1) is 6.21 Å². The van der Waals surface area contributed by atoms with Crippen molar-refractivity contribution in [3.05, 3.63) is 56.2 Å². The summed E-state index contributed by atoms with van der Waals surface area (Å²) in [6, 6.07) is 8.02. The summed E-state index contributed by atoms with van der Waals surface area (Å²) < 4.78 is 1.31. The van der Waals surface area contributed by atoms with Crippen LogP contribution in [0.2, 0.25) is 0 Å². The number of aromatic amines is 1. The van der Waals surface area contributed by atoms with Gasteiger partial charge in [-0.25, -0.2) is 0 Å². The fraction of sp³-hybridized carbons (Fsp3) is 0.286. The molecule has 2 rings (SSSR count). The number of nitrogens with one attached hydrogen (secondary N) is 1. The van der Waals surface area contributed by atoms with Crippen LogP contribution in [0.1, 0.15) is 36.6 Å². The lowest BCUT2D eigenvalue weighted by atomic mass is 10.0. The molecule has 0 amide bonds. The van der Waals surface area contributed by atoms with Crippen molar-refractivity contribution in [3.8, 4) is 0 Å². The Labute approximate surface area is 122 Å². The molecule has 0 bridgehead atoms. The average molecular weight is 288 g/mol. The molecule has 1 aromatic heterocycles. The zero-order valence-corrected chi connectivity index (χ0v) is 12.4. The first-order valence-corrected chi connectivity index (χ1v) is 6.72. The van der Waals surface area contributed by atoms with Crippen molar-refractivity contribution in [2.24, 2.45) is 5.10 Å². The van der Waals surface area contributed by atoms with Gasteiger partial charge in [0.2, 0.25) is 4.77 Å². The number of hydrogen-bond acceptors (Lipinski definition) is 4. The Kier molecular flexibility index (Phi) is 4.24. The zero-order chi connectivity index (χ0) is 14.7. The van der Waals surface area contributed by atoms with Crippen molar-refractivity contribution >= 4 is 18.4 Å². The average Bonchev–Trinajstić information content (AvgIpc) is 2.43. The van der Waals surface area contributed by atoms with E-state index in [-0.39, 0.29) is 10.3 Å². The standard InChI is InChI=1S/C14H16N4OS/c1-9(2)12-6-4-11(5-7-12)8-15-18-13(19)10(3)16-17-14(18)20/h4-9H,1-3H3,(H,17,20). The first-order valence-electron chi connectivity index (χ1n) is 6.31. The molecule has 20 heavy (non-hydrogen) atoms. The van der Waals surface area contributed by atoms with E-state index in [4.69, 9.17) is 12.2 Å². The second-order valence-electron chi connectivity index (χ2n) is 4.80. The van der Waals surface area contributed by atoms with Gasteiger partial charge >= 0.3 is 0 Å². The summed E-state index contributed by atoms with van der Waals surface area (Å²) in [5.74, 6) is 0.486. The molecule has 0 unspecified atom stereocenters. The lowest BCUT2D eigenvalue weighted by molar-refractivity contribution is 0.720. The molecule has 1 aromatic carbocycles. The topological polar surface area (TPSA) is 63.0 Å². The van der Waals surface area contributed by atoms with Gasteiger partial charge in [-0.3, -0.25) is 9.89 Å². The zero-order valence-electron chi connectivity index (χ0n) is 11.6. The monoisotopic (exact) mass is 288 g/mol. The molecule has 0 radical (unpaired) electrons. The van der Waals surface area contributed by atoms with Gasteiger partial charge in [-0.2, -0.15) is 14.9 Å². The van der Waals surface area contributed by atoms with Crippen molar-refractivity contribution in [1.82, 2.24) is 14.9 Å². The third-order valence-electron chi connectivity index (χ3n) is 2.94. The number of benzene rings is 1. The second kappa shape index (κ2) is 5.92. The molecular formula is C14H16N4OS. The van der Waals surface area contributed by atoms with Gasteiger partial charge in [-0.05, 0) is 36.2 Å². The minimum atomic E-state index is -0.316. The quantitative estimate of drug-likeness (QED) is 0.697. The molecule has 0 aliphatic carbocycles. The van der Waals surface area contributed by atoms with Gasteiger partial charge in [0, 0.05) is 0 Å². The van der Waals surface area contributed by atoms with Crippen LogP contribution in [0.4, 0.5) is 0 Å². The minimum Gasteiger partial charge on any atom is -0.265 e. The van der Waals surface area contributed by atoms with Crippen LogP contribution in [-0.2, 0) is 0 Å². The van der Waals surface area contributed by atoms with Crippen molar-refractivity contribution in [3.63, 3.8) is 0 Å². The first-order chi connectivity index (χ1) is 9.49. The Morgan fingerprint density at radius 3 is 2.60 bits per heavy atom. The molecule has 104 valence electrons. The van der Waals surface area contributed by atoms with E-state index in [1.54, 1.807) is 13.1 Å². The van der Waals surface area contributed by atoms with Gasteiger partial charge in [-0.1, -0.05) is 38.1 Å². The second-order valence-corrected chi connectivity index (χ2v) is 5.18. The summed E-state index contributed by atoms with van der Waals surface area (Å²) in [6.07, 6.45) is 1.61. The highest BCUT2D eigenvalue weighted by atomic mass is 32.1. The molecule has 6 heteroatoms. The van der Waals surface area contributed by atoms with E-state index in [1.807, 2.05) is 24.3 Å². The molecule has 0 fully saturated rings. The Morgan fingerprint density at radius 1 is 1.35 bits per heavy atom. The van der Waals surface area contributed by atoms with E-state index in [9.17, 15) is 4.79 Å². The SMILES string of the molecule is Cc1n[nH]c(=S)n(N=Cc2ccc(C(C)C)cc2)c1=O. The maximum Gasteiger partial charge on any atom is 0.296 e. The van der Waals surface area contributed by atoms with Crippen molar-refractivity contribution < 1.29 is 0 Å². The lowest BCUT2D eigenvalue weighted by Crippen LogP contribution is -2.22. The van der Waals surface area contributed by atoms with Gasteiger partial charge in [0.15, 0.2) is 0 Å². The molecule has 0 saturated carbocycles. The van der Waals surface area contributed by atoms with Crippen molar-refractivity contribution in [2.45, 2.75) is 26.7 Å². The summed E-state index contributed by atoms with van der Waals surface area (Å²) >= 11 is 5.00. The van der Waals surface area contributed by atoms with Crippen molar-refractivity contribution in [2.75, 3.05) is 0 Å². The third-order valence-corrected chi connectivity index (χ3v) is 3.20. The van der Waals surface area contributed by atoms with Crippen LogP contribution < -0.4 is 5.56 Å². The maximum absolute atomic E-state index is 11.9. The normalized spacial score (nSPS) is 11.4. The van der Waals surface area contributed by atoms with Crippen LogP contribution in [0.3, 0.4) is 0 Å². The fourth-order valence-corrected chi connectivity index (χ4v) is 1.84. The van der Waals surface area contributed by atoms with Gasteiger partial charge in [0.25, 0.3) is 5.56 Å². The van der Waals surface area contributed by atoms with Crippen LogP contribution >= 0.6 is 12.2 Å². The van der Waals surface area contributed by atoms with Gasteiger partial charge in [0.1, 0.15) is 5.69 Å². The number of hydrogen-bond donors (Lipinski definition) is 1. The van der Waals surface area contributed by atoms with E-state index in [1.165, 1.54) is 5.56 Å². The van der Waals surface area contributed by atoms with E-state index in [0.29, 0.717) is 11.6 Å². The number of aromatic nitrogens is 3. The predicted octanol–water partition coefficient (Wildman–Crippen LogP) is 2.61. The van der Waals surface area contributed by atoms with Crippen LogP contribution in [0.15, 0.2) is 34.2 Å². The van der Waals surface area contributed by atoms with Crippen LogP contribution in [-0.4, -0.2) is 21.1 Å².